The number of thiazole rings is 1. The van der Waals surface area contributed by atoms with Gasteiger partial charge in [0, 0.05) is 0 Å². The zero-order chi connectivity index (χ0) is 17.1. The van der Waals surface area contributed by atoms with Gasteiger partial charge in [0.2, 0.25) is 5.88 Å². The SMILES string of the molecule is COc1ccc(N=c2scc(O)n2C(=O)c2ccccc2Cl)cc1. The van der Waals surface area contributed by atoms with Gasteiger partial charge in [0.15, 0.2) is 4.80 Å². The van der Waals surface area contributed by atoms with E-state index in [2.05, 4.69) is 4.99 Å². The second-order valence-electron chi connectivity index (χ2n) is 4.81. The minimum atomic E-state index is -0.438. The summed E-state index contributed by atoms with van der Waals surface area (Å²) in [6.07, 6.45) is 0. The van der Waals surface area contributed by atoms with Crippen molar-refractivity contribution >= 4 is 34.5 Å². The molecule has 3 aromatic rings. The van der Waals surface area contributed by atoms with Gasteiger partial charge < -0.3 is 9.84 Å². The van der Waals surface area contributed by atoms with Crippen molar-refractivity contribution in [1.82, 2.24) is 4.57 Å². The molecular weight excluding hydrogens is 348 g/mol. The zero-order valence-electron chi connectivity index (χ0n) is 12.6. The first-order valence-electron chi connectivity index (χ1n) is 6.97. The van der Waals surface area contributed by atoms with E-state index < -0.39 is 5.91 Å². The molecule has 0 atom stereocenters. The number of hydrogen-bond donors (Lipinski definition) is 1. The molecule has 0 fully saturated rings. The number of aromatic nitrogens is 1. The van der Waals surface area contributed by atoms with E-state index in [9.17, 15) is 9.90 Å². The van der Waals surface area contributed by atoms with Crippen molar-refractivity contribution < 1.29 is 14.6 Å². The van der Waals surface area contributed by atoms with Crippen molar-refractivity contribution in [1.29, 1.82) is 0 Å². The Balaban J connectivity index is 2.07. The van der Waals surface area contributed by atoms with Gasteiger partial charge in [-0.1, -0.05) is 23.7 Å². The van der Waals surface area contributed by atoms with E-state index >= 15 is 0 Å². The largest absolute Gasteiger partial charge is 0.497 e. The van der Waals surface area contributed by atoms with Gasteiger partial charge in [0.1, 0.15) is 5.75 Å². The number of methoxy groups -OCH3 is 1. The van der Waals surface area contributed by atoms with Crippen LogP contribution in [0.5, 0.6) is 11.6 Å². The molecule has 1 aromatic heterocycles. The van der Waals surface area contributed by atoms with Crippen LogP contribution >= 0.6 is 22.9 Å². The van der Waals surface area contributed by atoms with Crippen LogP contribution in [0.2, 0.25) is 5.02 Å². The third-order valence-electron chi connectivity index (χ3n) is 3.29. The molecule has 7 heteroatoms. The number of rotatable bonds is 3. The second-order valence-corrected chi connectivity index (χ2v) is 6.05. The van der Waals surface area contributed by atoms with E-state index in [1.165, 1.54) is 5.38 Å². The number of halogens is 1. The van der Waals surface area contributed by atoms with Gasteiger partial charge in [-0.25, -0.2) is 9.56 Å². The Morgan fingerprint density at radius 2 is 1.92 bits per heavy atom. The Morgan fingerprint density at radius 3 is 2.58 bits per heavy atom. The maximum absolute atomic E-state index is 12.7. The van der Waals surface area contributed by atoms with Crippen molar-refractivity contribution in [2.24, 2.45) is 4.99 Å². The fourth-order valence-electron chi connectivity index (χ4n) is 2.10. The van der Waals surface area contributed by atoms with E-state index in [0.717, 1.165) is 15.9 Å². The van der Waals surface area contributed by atoms with Crippen molar-refractivity contribution in [2.75, 3.05) is 7.11 Å². The van der Waals surface area contributed by atoms with Crippen LogP contribution in [0.4, 0.5) is 5.69 Å². The smallest absolute Gasteiger partial charge is 0.268 e. The highest BCUT2D eigenvalue weighted by Gasteiger charge is 2.17. The van der Waals surface area contributed by atoms with Gasteiger partial charge in [-0.3, -0.25) is 4.79 Å². The third kappa shape index (κ3) is 3.20. The molecule has 0 spiro atoms. The summed E-state index contributed by atoms with van der Waals surface area (Å²) in [5.41, 5.74) is 0.933. The molecule has 2 aromatic carbocycles. The van der Waals surface area contributed by atoms with Crippen LogP contribution in [0.3, 0.4) is 0 Å². The summed E-state index contributed by atoms with van der Waals surface area (Å²) in [6, 6.07) is 13.7. The molecule has 0 saturated carbocycles. The quantitative estimate of drug-likeness (QED) is 0.771. The first-order chi connectivity index (χ1) is 11.6. The molecule has 0 aliphatic heterocycles. The Morgan fingerprint density at radius 1 is 1.21 bits per heavy atom. The van der Waals surface area contributed by atoms with Crippen LogP contribution in [0, 0.1) is 0 Å². The lowest BCUT2D eigenvalue weighted by Crippen LogP contribution is -2.23. The van der Waals surface area contributed by atoms with Crippen molar-refractivity contribution in [3.8, 4) is 11.6 Å². The van der Waals surface area contributed by atoms with Crippen LogP contribution in [-0.2, 0) is 0 Å². The highest BCUT2D eigenvalue weighted by Crippen LogP contribution is 2.21. The molecule has 1 heterocycles. The fraction of sp³-hybridized carbons (Fsp3) is 0.0588. The van der Waals surface area contributed by atoms with Crippen LogP contribution in [0.1, 0.15) is 10.4 Å². The van der Waals surface area contributed by atoms with Gasteiger partial charge in [0.25, 0.3) is 5.91 Å². The van der Waals surface area contributed by atoms with Gasteiger partial charge in [-0.2, -0.15) is 0 Å². The average Bonchev–Trinajstić information content (AvgIpc) is 2.96. The lowest BCUT2D eigenvalue weighted by molar-refractivity contribution is 0.0948. The van der Waals surface area contributed by atoms with Crippen LogP contribution in [0.15, 0.2) is 58.9 Å². The Hall–Kier alpha value is -2.57. The maximum Gasteiger partial charge on any atom is 0.268 e. The summed E-state index contributed by atoms with van der Waals surface area (Å²) in [6.45, 7) is 0. The van der Waals surface area contributed by atoms with E-state index in [4.69, 9.17) is 16.3 Å². The number of carbonyl (C=O) groups is 1. The van der Waals surface area contributed by atoms with E-state index in [-0.39, 0.29) is 5.88 Å². The zero-order valence-corrected chi connectivity index (χ0v) is 14.2. The number of carbonyl (C=O) groups excluding carboxylic acids is 1. The molecule has 0 radical (unpaired) electrons. The molecule has 5 nitrogen and oxygen atoms in total. The summed E-state index contributed by atoms with van der Waals surface area (Å²) in [5.74, 6) is 0.0896. The maximum atomic E-state index is 12.7. The monoisotopic (exact) mass is 360 g/mol. The molecule has 0 saturated heterocycles. The number of ether oxygens (including phenoxy) is 1. The molecule has 24 heavy (non-hydrogen) atoms. The number of nitrogens with zero attached hydrogens (tertiary/aromatic N) is 2. The van der Waals surface area contributed by atoms with Crippen LogP contribution in [-0.4, -0.2) is 22.7 Å². The van der Waals surface area contributed by atoms with Gasteiger partial charge in [-0.15, -0.1) is 11.3 Å². The minimum Gasteiger partial charge on any atom is -0.497 e. The molecular formula is C17H13ClN2O3S. The van der Waals surface area contributed by atoms with Crippen LogP contribution < -0.4 is 9.54 Å². The van der Waals surface area contributed by atoms with E-state index in [0.29, 0.717) is 26.8 Å². The van der Waals surface area contributed by atoms with Crippen LogP contribution in [0.25, 0.3) is 0 Å². The first kappa shape index (κ1) is 16.3. The number of benzene rings is 2. The van der Waals surface area contributed by atoms with E-state index in [1.54, 1.807) is 55.6 Å². The standard InChI is InChI=1S/C17H13ClN2O3S/c1-23-12-8-6-11(7-9-12)19-17-20(15(21)10-24-17)16(22)13-4-2-3-5-14(13)18/h2-10,21H,1H3. The summed E-state index contributed by atoms with van der Waals surface area (Å²) >= 11 is 7.24. The Bertz CT molecular complexity index is 945. The van der Waals surface area contributed by atoms with Crippen molar-refractivity contribution in [2.45, 2.75) is 0 Å². The molecule has 122 valence electrons. The van der Waals surface area contributed by atoms with Gasteiger partial charge in [0.05, 0.1) is 28.8 Å². The summed E-state index contributed by atoms with van der Waals surface area (Å²) in [5, 5.41) is 11.8. The lowest BCUT2D eigenvalue weighted by atomic mass is 10.2. The molecule has 0 amide bonds. The first-order valence-corrected chi connectivity index (χ1v) is 8.23. The highest BCUT2D eigenvalue weighted by atomic mass is 35.5. The van der Waals surface area contributed by atoms with Gasteiger partial charge in [-0.05, 0) is 36.4 Å². The highest BCUT2D eigenvalue weighted by molar-refractivity contribution is 7.07. The Labute approximate surface area is 147 Å². The minimum absolute atomic E-state index is 0.183. The summed E-state index contributed by atoms with van der Waals surface area (Å²) in [4.78, 5) is 17.5. The molecule has 0 aliphatic rings. The number of aromatic hydroxyl groups is 1. The molecule has 3 rings (SSSR count). The summed E-state index contributed by atoms with van der Waals surface area (Å²) in [7, 11) is 1.58. The predicted molar refractivity (Wildman–Crippen MR) is 93.4 cm³/mol. The lowest BCUT2D eigenvalue weighted by Gasteiger charge is -2.05. The normalized spacial score (nSPS) is 11.5. The Kier molecular flexibility index (Phi) is 4.69. The van der Waals surface area contributed by atoms with E-state index in [1.807, 2.05) is 0 Å². The summed E-state index contributed by atoms with van der Waals surface area (Å²) < 4.78 is 6.24. The van der Waals surface area contributed by atoms with Crippen molar-refractivity contribution in [3.63, 3.8) is 0 Å². The fourth-order valence-corrected chi connectivity index (χ4v) is 3.07. The number of hydrogen-bond acceptors (Lipinski definition) is 5. The third-order valence-corrected chi connectivity index (χ3v) is 4.44. The van der Waals surface area contributed by atoms with Gasteiger partial charge >= 0.3 is 0 Å². The molecule has 0 aliphatic carbocycles. The molecule has 0 bridgehead atoms. The average molecular weight is 361 g/mol. The topological polar surface area (TPSA) is 63.8 Å². The molecule has 0 unspecified atom stereocenters. The molecule has 1 N–H and O–H groups in total. The second kappa shape index (κ2) is 6.90. The van der Waals surface area contributed by atoms with Crippen molar-refractivity contribution in [3.05, 3.63) is 69.3 Å². The predicted octanol–water partition coefficient (Wildman–Crippen LogP) is 3.84.